The van der Waals surface area contributed by atoms with Crippen molar-refractivity contribution < 1.29 is 9.53 Å². The van der Waals surface area contributed by atoms with Crippen molar-refractivity contribution in [3.8, 4) is 6.07 Å². The molecular formula is C11H8NO2. The van der Waals surface area contributed by atoms with E-state index in [0.29, 0.717) is 16.7 Å². The highest BCUT2D eigenvalue weighted by Gasteiger charge is 2.07. The second-order valence-electron chi connectivity index (χ2n) is 2.58. The van der Waals surface area contributed by atoms with Gasteiger partial charge in [-0.3, -0.25) is 0 Å². The van der Waals surface area contributed by atoms with Gasteiger partial charge in [0.15, 0.2) is 0 Å². The molecular weight excluding hydrogens is 178 g/mol. The molecule has 0 heterocycles. The van der Waals surface area contributed by atoms with Gasteiger partial charge in [-0.05, 0) is 29.8 Å². The van der Waals surface area contributed by atoms with Crippen molar-refractivity contribution in [2.75, 3.05) is 7.11 Å². The van der Waals surface area contributed by atoms with Crippen LogP contribution < -0.4 is 0 Å². The van der Waals surface area contributed by atoms with Gasteiger partial charge in [0.2, 0.25) is 0 Å². The smallest absolute Gasteiger partial charge is 0.337 e. The van der Waals surface area contributed by atoms with Gasteiger partial charge in [-0.25, -0.2) is 4.79 Å². The number of benzene rings is 1. The summed E-state index contributed by atoms with van der Waals surface area (Å²) in [4.78, 5) is 11.2. The highest BCUT2D eigenvalue weighted by atomic mass is 16.5. The summed E-state index contributed by atoms with van der Waals surface area (Å²) >= 11 is 0. The minimum absolute atomic E-state index is 0.331. The highest BCUT2D eigenvalue weighted by Crippen LogP contribution is 2.10. The Morgan fingerprint density at radius 3 is 2.57 bits per heavy atom. The molecule has 0 bridgehead atoms. The number of carbonyl (C=O) groups excluding carboxylic acids is 1. The Labute approximate surface area is 82.2 Å². The summed E-state index contributed by atoms with van der Waals surface area (Å²) in [6.45, 7) is 3.45. The Hall–Kier alpha value is -2.08. The second kappa shape index (κ2) is 4.24. The molecule has 3 nitrogen and oxygen atoms in total. The monoisotopic (exact) mass is 186 g/mol. The normalized spacial score (nSPS) is 8.86. The van der Waals surface area contributed by atoms with E-state index in [2.05, 4.69) is 17.4 Å². The van der Waals surface area contributed by atoms with Gasteiger partial charge in [-0.1, -0.05) is 6.58 Å². The van der Waals surface area contributed by atoms with Crippen LogP contribution in [0.3, 0.4) is 0 Å². The average molecular weight is 186 g/mol. The SMILES string of the molecule is C=[C]c1cc(C#N)cc(C(=O)OC)c1. The van der Waals surface area contributed by atoms with Gasteiger partial charge in [-0.15, -0.1) is 0 Å². The highest BCUT2D eigenvalue weighted by molar-refractivity contribution is 5.90. The molecule has 0 spiro atoms. The number of hydrogen-bond acceptors (Lipinski definition) is 3. The van der Waals surface area contributed by atoms with Crippen LogP contribution in [0.1, 0.15) is 21.5 Å². The third-order valence-corrected chi connectivity index (χ3v) is 1.69. The van der Waals surface area contributed by atoms with Crippen LogP contribution in [0.4, 0.5) is 0 Å². The molecule has 0 atom stereocenters. The first-order chi connectivity index (χ1) is 6.71. The van der Waals surface area contributed by atoms with E-state index >= 15 is 0 Å². The summed E-state index contributed by atoms with van der Waals surface area (Å²) in [5, 5.41) is 8.69. The number of methoxy groups -OCH3 is 1. The summed E-state index contributed by atoms with van der Waals surface area (Å²) in [6, 6.07) is 6.58. The summed E-state index contributed by atoms with van der Waals surface area (Å²) < 4.78 is 4.54. The zero-order valence-electron chi connectivity index (χ0n) is 7.70. The maximum absolute atomic E-state index is 11.2. The van der Waals surface area contributed by atoms with Gasteiger partial charge < -0.3 is 4.74 Å². The zero-order chi connectivity index (χ0) is 10.6. The van der Waals surface area contributed by atoms with Crippen molar-refractivity contribution in [3.05, 3.63) is 47.5 Å². The molecule has 0 aliphatic carbocycles. The Kier molecular flexibility index (Phi) is 3.03. The number of hydrogen-bond donors (Lipinski definition) is 0. The first-order valence-electron chi connectivity index (χ1n) is 3.88. The van der Waals surface area contributed by atoms with E-state index in [1.807, 2.05) is 6.07 Å². The minimum Gasteiger partial charge on any atom is -0.465 e. The van der Waals surface area contributed by atoms with E-state index in [-0.39, 0.29) is 0 Å². The van der Waals surface area contributed by atoms with E-state index in [0.717, 1.165) is 0 Å². The molecule has 0 saturated carbocycles. The average Bonchev–Trinajstić information content (AvgIpc) is 2.27. The first kappa shape index (κ1) is 10.0. The van der Waals surface area contributed by atoms with Crippen molar-refractivity contribution in [2.45, 2.75) is 0 Å². The van der Waals surface area contributed by atoms with E-state index in [1.54, 1.807) is 12.1 Å². The quantitative estimate of drug-likeness (QED) is 0.660. The molecule has 0 amide bonds. The van der Waals surface area contributed by atoms with Crippen LogP contribution in [0.25, 0.3) is 0 Å². The maximum atomic E-state index is 11.2. The molecule has 0 unspecified atom stereocenters. The maximum Gasteiger partial charge on any atom is 0.337 e. The standard InChI is InChI=1S/C11H8NO2/c1-3-8-4-9(7-12)6-10(5-8)11(13)14-2/h4-6H,1H2,2H3. The van der Waals surface area contributed by atoms with Crippen molar-refractivity contribution >= 4 is 5.97 Å². The van der Waals surface area contributed by atoms with Crippen LogP contribution in [0, 0.1) is 17.4 Å². The topological polar surface area (TPSA) is 50.1 Å². The molecule has 1 rings (SSSR count). The van der Waals surface area contributed by atoms with Gasteiger partial charge in [0.1, 0.15) is 0 Å². The molecule has 14 heavy (non-hydrogen) atoms. The Morgan fingerprint density at radius 2 is 2.07 bits per heavy atom. The van der Waals surface area contributed by atoms with Gasteiger partial charge >= 0.3 is 5.97 Å². The number of nitrogens with zero attached hydrogens (tertiary/aromatic N) is 1. The van der Waals surface area contributed by atoms with Crippen LogP contribution >= 0.6 is 0 Å². The Morgan fingerprint density at radius 1 is 1.43 bits per heavy atom. The zero-order valence-corrected chi connectivity index (χ0v) is 7.70. The third kappa shape index (κ3) is 1.99. The van der Waals surface area contributed by atoms with E-state index in [1.165, 1.54) is 13.2 Å². The molecule has 0 aliphatic heterocycles. The molecule has 0 saturated heterocycles. The third-order valence-electron chi connectivity index (χ3n) is 1.69. The predicted molar refractivity (Wildman–Crippen MR) is 50.5 cm³/mol. The van der Waals surface area contributed by atoms with Gasteiger partial charge in [-0.2, -0.15) is 5.26 Å². The van der Waals surface area contributed by atoms with Crippen molar-refractivity contribution in [1.29, 1.82) is 5.26 Å². The summed E-state index contributed by atoms with van der Waals surface area (Å²) in [6.07, 6.45) is 2.61. The Balaban J connectivity index is 3.25. The van der Waals surface area contributed by atoms with Crippen molar-refractivity contribution in [3.63, 3.8) is 0 Å². The second-order valence-corrected chi connectivity index (χ2v) is 2.58. The molecule has 69 valence electrons. The number of esters is 1. The number of rotatable bonds is 2. The molecule has 1 aromatic carbocycles. The van der Waals surface area contributed by atoms with E-state index in [4.69, 9.17) is 5.26 Å². The lowest BCUT2D eigenvalue weighted by atomic mass is 10.1. The predicted octanol–water partition coefficient (Wildman–Crippen LogP) is 1.68. The molecule has 0 aliphatic rings. The first-order valence-corrected chi connectivity index (χ1v) is 3.88. The molecule has 0 fully saturated rings. The summed E-state index contributed by atoms with van der Waals surface area (Å²) in [7, 11) is 1.29. The number of carbonyl (C=O) groups is 1. The van der Waals surface area contributed by atoms with Gasteiger partial charge in [0.05, 0.1) is 24.3 Å². The lowest BCUT2D eigenvalue weighted by Crippen LogP contribution is -2.02. The molecule has 3 heteroatoms. The van der Waals surface area contributed by atoms with Crippen molar-refractivity contribution in [2.24, 2.45) is 0 Å². The fourth-order valence-electron chi connectivity index (χ4n) is 1.03. The van der Waals surface area contributed by atoms with Crippen LogP contribution in [0.5, 0.6) is 0 Å². The van der Waals surface area contributed by atoms with Crippen LogP contribution in [-0.2, 0) is 4.74 Å². The van der Waals surface area contributed by atoms with Crippen molar-refractivity contribution in [1.82, 2.24) is 0 Å². The number of ether oxygens (including phenoxy) is 1. The Bertz CT molecular complexity index is 416. The summed E-state index contributed by atoms with van der Waals surface area (Å²) in [5.41, 5.74) is 1.32. The van der Waals surface area contributed by atoms with Crippen LogP contribution in [0.2, 0.25) is 0 Å². The van der Waals surface area contributed by atoms with Crippen LogP contribution in [0.15, 0.2) is 24.8 Å². The van der Waals surface area contributed by atoms with E-state index < -0.39 is 5.97 Å². The summed E-state index contributed by atoms with van der Waals surface area (Å²) in [5.74, 6) is -0.474. The largest absolute Gasteiger partial charge is 0.465 e. The lowest BCUT2D eigenvalue weighted by Gasteiger charge is -2.01. The van der Waals surface area contributed by atoms with Crippen LogP contribution in [-0.4, -0.2) is 13.1 Å². The molecule has 1 aromatic rings. The fraction of sp³-hybridized carbons (Fsp3) is 0.0909. The minimum atomic E-state index is -0.474. The van der Waals surface area contributed by atoms with E-state index in [9.17, 15) is 4.79 Å². The fourth-order valence-corrected chi connectivity index (χ4v) is 1.03. The van der Waals surface area contributed by atoms with Gasteiger partial charge in [0, 0.05) is 0 Å². The number of nitriles is 1. The lowest BCUT2D eigenvalue weighted by molar-refractivity contribution is 0.0600. The molecule has 1 radical (unpaired) electrons. The molecule has 0 N–H and O–H groups in total. The van der Waals surface area contributed by atoms with Gasteiger partial charge in [0.25, 0.3) is 0 Å². The molecule has 0 aromatic heterocycles.